The highest BCUT2D eigenvalue weighted by atomic mass is 19.2. The van der Waals surface area contributed by atoms with Crippen molar-refractivity contribution in [2.45, 2.75) is 70.6 Å². The van der Waals surface area contributed by atoms with Gasteiger partial charge in [0, 0.05) is 5.92 Å². The Kier molecular flexibility index (Phi) is 6.13. The SMILES string of the molecule is CCCC1CCC2C(CC1F)CC(c1ccc(OCC)c(F)c1F)C2F. The van der Waals surface area contributed by atoms with Crippen LogP contribution in [0.3, 0.4) is 0 Å². The lowest BCUT2D eigenvalue weighted by Gasteiger charge is -2.21. The van der Waals surface area contributed by atoms with Crippen molar-refractivity contribution in [1.82, 2.24) is 0 Å². The zero-order chi connectivity index (χ0) is 18.8. The molecule has 0 saturated heterocycles. The van der Waals surface area contributed by atoms with Gasteiger partial charge in [0.25, 0.3) is 0 Å². The van der Waals surface area contributed by atoms with Crippen LogP contribution in [0.2, 0.25) is 0 Å². The topological polar surface area (TPSA) is 9.23 Å². The molecule has 0 heterocycles. The van der Waals surface area contributed by atoms with Crippen LogP contribution in [0.25, 0.3) is 0 Å². The van der Waals surface area contributed by atoms with Crippen molar-refractivity contribution in [2.75, 3.05) is 6.61 Å². The van der Waals surface area contributed by atoms with Gasteiger partial charge in [0.2, 0.25) is 5.82 Å². The molecule has 2 saturated carbocycles. The summed E-state index contributed by atoms with van der Waals surface area (Å²) in [6.07, 6.45) is 1.64. The minimum absolute atomic E-state index is 0.0101. The van der Waals surface area contributed by atoms with Gasteiger partial charge < -0.3 is 4.74 Å². The number of halogens is 4. The standard InChI is InChI=1S/C21H28F4O/c1-3-5-12-6-7-14-13(11-17(12)22)10-16(19(14)23)15-8-9-18(26-4-2)21(25)20(15)24/h8-9,12-14,16-17,19H,3-7,10-11H2,1-2H3. The van der Waals surface area contributed by atoms with E-state index in [9.17, 15) is 13.2 Å². The summed E-state index contributed by atoms with van der Waals surface area (Å²) in [4.78, 5) is 0. The fourth-order valence-corrected chi connectivity index (χ4v) is 5.02. The minimum Gasteiger partial charge on any atom is -0.491 e. The molecule has 6 atom stereocenters. The Morgan fingerprint density at radius 1 is 1.04 bits per heavy atom. The van der Waals surface area contributed by atoms with E-state index in [1.54, 1.807) is 6.92 Å². The third kappa shape index (κ3) is 3.59. The Morgan fingerprint density at radius 2 is 1.81 bits per heavy atom. The van der Waals surface area contributed by atoms with Gasteiger partial charge in [0.05, 0.1) is 6.61 Å². The molecular formula is C21H28F4O. The summed E-state index contributed by atoms with van der Waals surface area (Å²) < 4.78 is 63.5. The normalized spacial score (nSPS) is 34.4. The van der Waals surface area contributed by atoms with Crippen molar-refractivity contribution in [3.05, 3.63) is 29.3 Å². The second-order valence-electron chi connectivity index (χ2n) is 7.80. The Labute approximate surface area is 153 Å². The Bertz CT molecular complexity index is 620. The van der Waals surface area contributed by atoms with E-state index >= 15 is 4.39 Å². The van der Waals surface area contributed by atoms with E-state index in [0.29, 0.717) is 25.7 Å². The highest BCUT2D eigenvalue weighted by Crippen LogP contribution is 2.52. The smallest absolute Gasteiger partial charge is 0.200 e. The summed E-state index contributed by atoms with van der Waals surface area (Å²) in [6.45, 7) is 3.95. The molecule has 0 aromatic heterocycles. The van der Waals surface area contributed by atoms with Crippen molar-refractivity contribution in [3.63, 3.8) is 0 Å². The minimum atomic E-state index is -1.25. The maximum atomic E-state index is 15.1. The molecule has 1 aromatic carbocycles. The van der Waals surface area contributed by atoms with Crippen LogP contribution in [0.4, 0.5) is 17.6 Å². The summed E-state index contributed by atoms with van der Waals surface area (Å²) in [5.41, 5.74) is 0.0621. The number of hydrogen-bond acceptors (Lipinski definition) is 1. The zero-order valence-electron chi connectivity index (χ0n) is 15.5. The molecule has 1 aromatic rings. The van der Waals surface area contributed by atoms with Crippen LogP contribution >= 0.6 is 0 Å². The molecule has 3 rings (SSSR count). The molecule has 146 valence electrons. The number of hydrogen-bond donors (Lipinski definition) is 0. The monoisotopic (exact) mass is 372 g/mol. The van der Waals surface area contributed by atoms with Gasteiger partial charge in [-0.1, -0.05) is 19.4 Å². The van der Waals surface area contributed by atoms with Crippen molar-refractivity contribution in [2.24, 2.45) is 17.8 Å². The highest BCUT2D eigenvalue weighted by molar-refractivity contribution is 5.34. The molecule has 0 N–H and O–H groups in total. The summed E-state index contributed by atoms with van der Waals surface area (Å²) in [7, 11) is 0. The number of alkyl halides is 2. The third-order valence-corrected chi connectivity index (χ3v) is 6.30. The second-order valence-corrected chi connectivity index (χ2v) is 7.80. The summed E-state index contributed by atoms with van der Waals surface area (Å²) in [5, 5.41) is 0. The van der Waals surface area contributed by atoms with Gasteiger partial charge in [-0.3, -0.25) is 0 Å². The van der Waals surface area contributed by atoms with Gasteiger partial charge >= 0.3 is 0 Å². The van der Waals surface area contributed by atoms with E-state index in [0.717, 1.165) is 12.8 Å². The molecule has 5 heteroatoms. The first-order chi connectivity index (χ1) is 12.5. The number of benzene rings is 1. The molecule has 0 aliphatic heterocycles. The molecule has 2 aliphatic carbocycles. The van der Waals surface area contributed by atoms with Gasteiger partial charge in [-0.05, 0) is 68.4 Å². The van der Waals surface area contributed by atoms with E-state index in [1.165, 1.54) is 12.1 Å². The molecule has 26 heavy (non-hydrogen) atoms. The first-order valence-corrected chi connectivity index (χ1v) is 9.86. The first kappa shape index (κ1) is 19.5. The van der Waals surface area contributed by atoms with Crippen LogP contribution in [0.5, 0.6) is 5.75 Å². The lowest BCUT2D eigenvalue weighted by Crippen LogP contribution is -2.18. The average molecular weight is 372 g/mol. The third-order valence-electron chi connectivity index (χ3n) is 6.30. The van der Waals surface area contributed by atoms with E-state index in [1.807, 2.05) is 6.92 Å². The molecule has 6 unspecified atom stereocenters. The Morgan fingerprint density at radius 3 is 2.50 bits per heavy atom. The quantitative estimate of drug-likeness (QED) is 0.547. The van der Waals surface area contributed by atoms with Crippen molar-refractivity contribution in [3.8, 4) is 5.75 Å². The van der Waals surface area contributed by atoms with E-state index in [-0.39, 0.29) is 35.7 Å². The zero-order valence-corrected chi connectivity index (χ0v) is 15.5. The molecule has 0 spiro atoms. The predicted molar refractivity (Wildman–Crippen MR) is 93.9 cm³/mol. The summed E-state index contributed by atoms with van der Waals surface area (Å²) >= 11 is 0. The molecular weight excluding hydrogens is 344 g/mol. The number of fused-ring (bicyclic) bond motifs is 1. The lowest BCUT2D eigenvalue weighted by atomic mass is 9.89. The van der Waals surface area contributed by atoms with Crippen molar-refractivity contribution in [1.29, 1.82) is 0 Å². The van der Waals surface area contributed by atoms with Gasteiger partial charge in [0.15, 0.2) is 11.6 Å². The molecule has 0 amide bonds. The van der Waals surface area contributed by atoms with E-state index in [4.69, 9.17) is 4.74 Å². The Hall–Kier alpha value is -1.26. The average Bonchev–Trinajstić information content (AvgIpc) is 2.82. The summed E-state index contributed by atoms with van der Waals surface area (Å²) in [6, 6.07) is 2.80. The fourth-order valence-electron chi connectivity index (χ4n) is 5.02. The fraction of sp³-hybridized carbons (Fsp3) is 0.714. The summed E-state index contributed by atoms with van der Waals surface area (Å²) in [5.74, 6) is -3.28. The van der Waals surface area contributed by atoms with Gasteiger partial charge in [0.1, 0.15) is 12.3 Å². The largest absolute Gasteiger partial charge is 0.491 e. The maximum absolute atomic E-state index is 15.1. The molecule has 1 nitrogen and oxygen atoms in total. The van der Waals surface area contributed by atoms with Crippen LogP contribution in [0.15, 0.2) is 12.1 Å². The molecule has 2 aliphatic rings. The van der Waals surface area contributed by atoms with Crippen molar-refractivity contribution >= 4 is 0 Å². The van der Waals surface area contributed by atoms with Crippen LogP contribution < -0.4 is 4.74 Å². The van der Waals surface area contributed by atoms with Crippen LogP contribution in [-0.2, 0) is 0 Å². The number of rotatable bonds is 5. The van der Waals surface area contributed by atoms with Gasteiger partial charge in [-0.25, -0.2) is 13.2 Å². The molecule has 0 radical (unpaired) electrons. The molecule has 2 fully saturated rings. The van der Waals surface area contributed by atoms with E-state index in [2.05, 4.69) is 0 Å². The second kappa shape index (κ2) is 8.18. The number of ether oxygens (including phenoxy) is 1. The van der Waals surface area contributed by atoms with E-state index < -0.39 is 29.9 Å². The highest BCUT2D eigenvalue weighted by Gasteiger charge is 2.48. The lowest BCUT2D eigenvalue weighted by molar-refractivity contribution is 0.183. The molecule has 0 bridgehead atoms. The van der Waals surface area contributed by atoms with Gasteiger partial charge in [-0.2, -0.15) is 4.39 Å². The predicted octanol–water partition coefficient (Wildman–Crippen LogP) is 6.36. The van der Waals surface area contributed by atoms with Crippen LogP contribution in [0, 0.1) is 29.4 Å². The first-order valence-electron chi connectivity index (χ1n) is 9.86. The van der Waals surface area contributed by atoms with Crippen LogP contribution in [0.1, 0.15) is 63.9 Å². The maximum Gasteiger partial charge on any atom is 0.200 e. The Balaban J connectivity index is 1.80. The van der Waals surface area contributed by atoms with Crippen LogP contribution in [-0.4, -0.2) is 19.0 Å². The van der Waals surface area contributed by atoms with Gasteiger partial charge in [-0.15, -0.1) is 0 Å². The van der Waals surface area contributed by atoms with Crippen molar-refractivity contribution < 1.29 is 22.3 Å².